The first-order valence-corrected chi connectivity index (χ1v) is 4.97. The van der Waals surface area contributed by atoms with Gasteiger partial charge in [0.1, 0.15) is 0 Å². The van der Waals surface area contributed by atoms with Crippen molar-refractivity contribution in [2.45, 2.75) is 17.5 Å². The summed E-state index contributed by atoms with van der Waals surface area (Å²) in [5, 5.41) is 13.9. The van der Waals surface area contributed by atoms with Gasteiger partial charge >= 0.3 is 18.3 Å². The highest BCUT2D eigenvalue weighted by Gasteiger charge is 2.48. The zero-order chi connectivity index (χ0) is 13.2. The number of hydrogen-bond donors (Lipinski definition) is 2. The number of carboxylic acid groups (broad SMARTS) is 1. The molecule has 0 saturated heterocycles. The summed E-state index contributed by atoms with van der Waals surface area (Å²) in [5.74, 6) is -2.62. The first-order chi connectivity index (χ1) is 7.76. The number of nitrogens with zero attached hydrogens (tertiary/aromatic N) is 3. The van der Waals surface area contributed by atoms with Gasteiger partial charge in [0.15, 0.2) is 0 Å². The molecule has 0 fully saturated rings. The van der Waals surface area contributed by atoms with Gasteiger partial charge in [0.25, 0.3) is 0 Å². The Balaban J connectivity index is 2.94. The number of nitrogens with two attached hydrogens (primary N) is 1. The van der Waals surface area contributed by atoms with Crippen LogP contribution in [0, 0.1) is 0 Å². The number of rotatable bonds is 5. The Labute approximate surface area is 95.8 Å². The lowest BCUT2D eigenvalue weighted by atomic mass is 10.3. The zero-order valence-corrected chi connectivity index (χ0v) is 8.80. The van der Waals surface area contributed by atoms with Gasteiger partial charge in [-0.05, 0) is 0 Å². The molecule has 0 atom stereocenters. The van der Waals surface area contributed by atoms with Crippen molar-refractivity contribution in [2.24, 2.45) is 0 Å². The molecule has 0 radical (unpaired) electrons. The van der Waals surface area contributed by atoms with Gasteiger partial charge in [0, 0.05) is 0 Å². The molecule has 1 heterocycles. The quantitative estimate of drug-likeness (QED) is 0.462. The highest BCUT2D eigenvalue weighted by molar-refractivity contribution is 7.99. The van der Waals surface area contributed by atoms with Crippen molar-refractivity contribution in [1.82, 2.24) is 14.9 Å². The van der Waals surface area contributed by atoms with Gasteiger partial charge in [0.2, 0.25) is 11.0 Å². The summed E-state index contributed by atoms with van der Waals surface area (Å²) in [4.78, 5) is 10.2. The van der Waals surface area contributed by atoms with E-state index in [4.69, 9.17) is 10.9 Å². The minimum Gasteiger partial charge on any atom is -0.481 e. The van der Waals surface area contributed by atoms with Crippen LogP contribution in [-0.2, 0) is 10.7 Å². The number of carbonyl (C=O) groups is 1. The fourth-order valence-electron chi connectivity index (χ4n) is 0.827. The fourth-order valence-corrected chi connectivity index (χ4v) is 1.40. The third-order valence-electron chi connectivity index (χ3n) is 1.56. The maximum atomic E-state index is 12.9. The van der Waals surface area contributed by atoms with Crippen molar-refractivity contribution in [3.05, 3.63) is 5.82 Å². The number of aromatic nitrogens is 3. The minimum atomic E-state index is -4.54. The molecule has 17 heavy (non-hydrogen) atoms. The summed E-state index contributed by atoms with van der Waals surface area (Å²) in [5.41, 5.74) is 0. The standard InChI is InChI=1S/C6H6F4N4O2S/c7-3(8)6(9,10)4-12-13-5(14(4)11)17-1-2(15)16/h3H,1,11H2,(H,15,16). The number of halogens is 4. The highest BCUT2D eigenvalue weighted by Crippen LogP contribution is 2.33. The van der Waals surface area contributed by atoms with E-state index in [0.717, 1.165) is 0 Å². The molecule has 3 N–H and O–H groups in total. The molecule has 1 aromatic heterocycles. The molecule has 0 aromatic carbocycles. The Kier molecular flexibility index (Phi) is 3.80. The van der Waals surface area contributed by atoms with Crippen LogP contribution in [0.4, 0.5) is 17.6 Å². The Morgan fingerprint density at radius 3 is 2.59 bits per heavy atom. The van der Waals surface area contributed by atoms with Gasteiger partial charge in [-0.1, -0.05) is 11.8 Å². The van der Waals surface area contributed by atoms with Gasteiger partial charge < -0.3 is 10.9 Å². The second-order valence-electron chi connectivity index (χ2n) is 2.78. The molecule has 0 saturated carbocycles. The molecule has 0 unspecified atom stereocenters. The van der Waals surface area contributed by atoms with Crippen molar-refractivity contribution in [3.63, 3.8) is 0 Å². The van der Waals surface area contributed by atoms with E-state index in [1.165, 1.54) is 0 Å². The second kappa shape index (κ2) is 4.77. The fraction of sp³-hybridized carbons (Fsp3) is 0.500. The summed E-state index contributed by atoms with van der Waals surface area (Å²) in [6, 6.07) is 0. The zero-order valence-electron chi connectivity index (χ0n) is 7.98. The number of aliphatic carboxylic acids is 1. The van der Waals surface area contributed by atoms with E-state index in [2.05, 4.69) is 10.2 Å². The summed E-state index contributed by atoms with van der Waals surface area (Å²) in [6.07, 6.45) is -3.98. The van der Waals surface area contributed by atoms with Gasteiger partial charge in [0.05, 0.1) is 5.75 Å². The number of thioether (sulfide) groups is 1. The Bertz CT molecular complexity index is 424. The molecule has 11 heteroatoms. The molecular formula is C6H6F4N4O2S. The van der Waals surface area contributed by atoms with Crippen molar-refractivity contribution < 1.29 is 27.5 Å². The summed E-state index contributed by atoms with van der Waals surface area (Å²) >= 11 is 0.490. The molecule has 0 spiro atoms. The van der Waals surface area contributed by atoms with Gasteiger partial charge in [-0.15, -0.1) is 10.2 Å². The van der Waals surface area contributed by atoms with Crippen LogP contribution < -0.4 is 5.84 Å². The van der Waals surface area contributed by atoms with Crippen LogP contribution in [0.1, 0.15) is 5.82 Å². The monoisotopic (exact) mass is 274 g/mol. The first kappa shape index (κ1) is 13.5. The van der Waals surface area contributed by atoms with E-state index >= 15 is 0 Å². The maximum absolute atomic E-state index is 12.9. The molecule has 0 aliphatic carbocycles. The van der Waals surface area contributed by atoms with Crippen molar-refractivity contribution in [1.29, 1.82) is 0 Å². The van der Waals surface area contributed by atoms with Crippen molar-refractivity contribution in [3.8, 4) is 0 Å². The van der Waals surface area contributed by atoms with Gasteiger partial charge in [-0.3, -0.25) is 4.79 Å². The van der Waals surface area contributed by atoms with Crippen LogP contribution in [0.15, 0.2) is 5.16 Å². The predicted molar refractivity (Wildman–Crippen MR) is 48.4 cm³/mol. The molecule has 0 aliphatic heterocycles. The lowest BCUT2D eigenvalue weighted by molar-refractivity contribution is -0.142. The molecule has 0 bridgehead atoms. The molecule has 96 valence electrons. The molecule has 1 rings (SSSR count). The highest BCUT2D eigenvalue weighted by atomic mass is 32.2. The van der Waals surface area contributed by atoms with E-state index in [1.54, 1.807) is 0 Å². The molecular weight excluding hydrogens is 268 g/mol. The Morgan fingerprint density at radius 2 is 2.12 bits per heavy atom. The minimum absolute atomic E-state index is 0.153. The smallest absolute Gasteiger partial charge is 0.367 e. The van der Waals surface area contributed by atoms with Crippen LogP contribution in [0.5, 0.6) is 0 Å². The summed E-state index contributed by atoms with van der Waals surface area (Å²) < 4.78 is 49.9. The van der Waals surface area contributed by atoms with Crippen LogP contribution in [-0.4, -0.2) is 38.1 Å². The topological polar surface area (TPSA) is 94.0 Å². The average molecular weight is 274 g/mol. The average Bonchev–Trinajstić information content (AvgIpc) is 2.57. The number of alkyl halides is 4. The van der Waals surface area contributed by atoms with Crippen LogP contribution in [0.3, 0.4) is 0 Å². The third kappa shape index (κ3) is 2.78. The first-order valence-electron chi connectivity index (χ1n) is 3.98. The normalized spacial score (nSPS) is 12.1. The molecule has 0 aliphatic rings. The Hall–Kier alpha value is -1.52. The number of carboxylic acids is 1. The van der Waals surface area contributed by atoms with E-state index in [0.29, 0.717) is 11.8 Å². The summed E-state index contributed by atoms with van der Waals surface area (Å²) in [7, 11) is 0. The van der Waals surface area contributed by atoms with Crippen molar-refractivity contribution >= 4 is 17.7 Å². The van der Waals surface area contributed by atoms with Crippen LogP contribution >= 0.6 is 11.8 Å². The second-order valence-corrected chi connectivity index (χ2v) is 3.72. The third-order valence-corrected chi connectivity index (χ3v) is 2.49. The lowest BCUT2D eigenvalue weighted by Crippen LogP contribution is -2.30. The SMILES string of the molecule is Nn1c(SCC(=O)O)nnc1C(F)(F)C(F)F. The molecule has 6 nitrogen and oxygen atoms in total. The maximum Gasteiger partial charge on any atom is 0.367 e. The van der Waals surface area contributed by atoms with Gasteiger partial charge in [-0.25, -0.2) is 13.5 Å². The number of hydrogen-bond acceptors (Lipinski definition) is 5. The van der Waals surface area contributed by atoms with Crippen LogP contribution in [0.25, 0.3) is 0 Å². The largest absolute Gasteiger partial charge is 0.481 e. The predicted octanol–water partition coefficient (Wildman–Crippen LogP) is 0.525. The summed E-state index contributed by atoms with van der Waals surface area (Å²) in [6.45, 7) is 0. The van der Waals surface area contributed by atoms with E-state index in [-0.39, 0.29) is 9.83 Å². The van der Waals surface area contributed by atoms with Crippen LogP contribution in [0.2, 0.25) is 0 Å². The Morgan fingerprint density at radius 1 is 1.53 bits per heavy atom. The molecule has 0 amide bonds. The van der Waals surface area contributed by atoms with Crippen molar-refractivity contribution in [2.75, 3.05) is 11.6 Å². The van der Waals surface area contributed by atoms with E-state index in [1.807, 2.05) is 0 Å². The molecule has 1 aromatic rings. The van der Waals surface area contributed by atoms with E-state index < -0.39 is 29.9 Å². The van der Waals surface area contributed by atoms with Gasteiger partial charge in [-0.2, -0.15) is 8.78 Å². The lowest BCUT2D eigenvalue weighted by Gasteiger charge is -2.13. The number of nitrogen functional groups attached to an aromatic ring is 1. The van der Waals surface area contributed by atoms with E-state index in [9.17, 15) is 22.4 Å².